The Kier molecular flexibility index (Phi) is 4.63. The van der Waals surface area contributed by atoms with E-state index in [1.165, 1.54) is 0 Å². The fourth-order valence-electron chi connectivity index (χ4n) is 1.83. The van der Waals surface area contributed by atoms with Crippen molar-refractivity contribution in [3.8, 4) is 0 Å². The largest absolute Gasteiger partial charge is 0.389 e. The van der Waals surface area contributed by atoms with Gasteiger partial charge in [0.15, 0.2) is 0 Å². The highest BCUT2D eigenvalue weighted by Gasteiger charge is 2.13. The zero-order valence-corrected chi connectivity index (χ0v) is 11.1. The lowest BCUT2D eigenvalue weighted by Gasteiger charge is -2.28. The second-order valence-corrected chi connectivity index (χ2v) is 4.67. The molecule has 1 aromatic carbocycles. The van der Waals surface area contributed by atoms with Crippen LogP contribution in [0.1, 0.15) is 39.4 Å². The number of hydrogen-bond donors (Lipinski definition) is 1. The second kappa shape index (κ2) is 5.55. The highest BCUT2D eigenvalue weighted by Crippen LogP contribution is 2.30. The van der Waals surface area contributed by atoms with Crippen LogP contribution >= 0.6 is 11.6 Å². The Morgan fingerprint density at radius 2 is 1.94 bits per heavy atom. The molecule has 2 nitrogen and oxygen atoms in total. The molecule has 1 N–H and O–H groups in total. The van der Waals surface area contributed by atoms with E-state index in [1.54, 1.807) is 6.92 Å². The highest BCUT2D eigenvalue weighted by molar-refractivity contribution is 6.33. The first kappa shape index (κ1) is 13.3. The predicted molar refractivity (Wildman–Crippen MR) is 70.2 cm³/mol. The molecule has 0 heterocycles. The van der Waals surface area contributed by atoms with Crippen LogP contribution in [0.25, 0.3) is 0 Å². The number of benzene rings is 1. The normalized spacial score (nSPS) is 12.9. The van der Waals surface area contributed by atoms with Crippen LogP contribution in [0.4, 0.5) is 5.69 Å². The predicted octanol–water partition coefficient (Wildman–Crippen LogP) is 3.63. The van der Waals surface area contributed by atoms with Gasteiger partial charge in [-0.3, -0.25) is 0 Å². The third kappa shape index (κ3) is 2.89. The van der Waals surface area contributed by atoms with Gasteiger partial charge < -0.3 is 10.0 Å². The Morgan fingerprint density at radius 1 is 1.31 bits per heavy atom. The number of halogens is 1. The van der Waals surface area contributed by atoms with E-state index in [4.69, 9.17) is 11.6 Å². The number of anilines is 1. The SMILES string of the molecule is CCN(c1ccc([C@H](C)O)cc1Cl)C(C)C. The minimum atomic E-state index is -0.472. The van der Waals surface area contributed by atoms with Crippen LogP contribution in [0.3, 0.4) is 0 Å². The van der Waals surface area contributed by atoms with E-state index in [2.05, 4.69) is 25.7 Å². The topological polar surface area (TPSA) is 23.5 Å². The molecular formula is C13H20ClNO. The maximum Gasteiger partial charge on any atom is 0.0762 e. The number of rotatable bonds is 4. The summed E-state index contributed by atoms with van der Waals surface area (Å²) in [5, 5.41) is 10.2. The number of nitrogens with zero attached hydrogens (tertiary/aromatic N) is 1. The van der Waals surface area contributed by atoms with E-state index >= 15 is 0 Å². The van der Waals surface area contributed by atoms with Crippen LogP contribution in [0, 0.1) is 0 Å². The third-order valence-electron chi connectivity index (χ3n) is 2.73. The summed E-state index contributed by atoms with van der Waals surface area (Å²) in [4.78, 5) is 2.23. The summed E-state index contributed by atoms with van der Waals surface area (Å²) < 4.78 is 0. The molecule has 0 bridgehead atoms. The summed E-state index contributed by atoms with van der Waals surface area (Å²) in [7, 11) is 0. The van der Waals surface area contributed by atoms with Crippen LogP contribution in [0.2, 0.25) is 5.02 Å². The molecule has 0 spiro atoms. The molecule has 0 aliphatic heterocycles. The molecule has 0 amide bonds. The maximum atomic E-state index is 9.47. The Labute approximate surface area is 103 Å². The van der Waals surface area contributed by atoms with Crippen molar-refractivity contribution < 1.29 is 5.11 Å². The summed E-state index contributed by atoms with van der Waals surface area (Å²) in [5.74, 6) is 0. The summed E-state index contributed by atoms with van der Waals surface area (Å²) in [6.07, 6.45) is -0.472. The van der Waals surface area contributed by atoms with E-state index in [9.17, 15) is 5.11 Å². The second-order valence-electron chi connectivity index (χ2n) is 4.27. The van der Waals surface area contributed by atoms with Crippen molar-refractivity contribution in [3.05, 3.63) is 28.8 Å². The van der Waals surface area contributed by atoms with Gasteiger partial charge in [0.2, 0.25) is 0 Å². The smallest absolute Gasteiger partial charge is 0.0762 e. The summed E-state index contributed by atoms with van der Waals surface area (Å²) in [6.45, 7) is 9.06. The Bertz CT molecular complexity index is 350. The molecule has 90 valence electrons. The quantitative estimate of drug-likeness (QED) is 0.870. The van der Waals surface area contributed by atoms with Crippen molar-refractivity contribution in [2.24, 2.45) is 0 Å². The van der Waals surface area contributed by atoms with Gasteiger partial charge in [0, 0.05) is 12.6 Å². The molecule has 1 rings (SSSR count). The van der Waals surface area contributed by atoms with Gasteiger partial charge >= 0.3 is 0 Å². The van der Waals surface area contributed by atoms with E-state index < -0.39 is 6.10 Å². The fraction of sp³-hybridized carbons (Fsp3) is 0.538. The van der Waals surface area contributed by atoms with Crippen molar-refractivity contribution >= 4 is 17.3 Å². The van der Waals surface area contributed by atoms with Gasteiger partial charge in [-0.25, -0.2) is 0 Å². The van der Waals surface area contributed by atoms with E-state index in [1.807, 2.05) is 18.2 Å². The third-order valence-corrected chi connectivity index (χ3v) is 3.03. The Balaban J connectivity index is 3.06. The van der Waals surface area contributed by atoms with Gasteiger partial charge in [-0.15, -0.1) is 0 Å². The highest BCUT2D eigenvalue weighted by atomic mass is 35.5. The monoisotopic (exact) mass is 241 g/mol. The molecular weight excluding hydrogens is 222 g/mol. The van der Waals surface area contributed by atoms with Gasteiger partial charge in [-0.1, -0.05) is 17.7 Å². The van der Waals surface area contributed by atoms with Gasteiger partial charge in [-0.2, -0.15) is 0 Å². The molecule has 1 aromatic rings. The first-order valence-corrected chi connectivity index (χ1v) is 6.09. The molecule has 0 saturated heterocycles. The van der Waals surface area contributed by atoms with Crippen molar-refractivity contribution in [2.45, 2.75) is 39.8 Å². The minimum Gasteiger partial charge on any atom is -0.389 e. The van der Waals surface area contributed by atoms with Crippen molar-refractivity contribution in [3.63, 3.8) is 0 Å². The standard InChI is InChI=1S/C13H20ClNO/c1-5-15(9(2)3)13-7-6-11(10(4)16)8-12(13)14/h6-10,16H,5H2,1-4H3/t10-/m0/s1. The molecule has 0 fully saturated rings. The molecule has 16 heavy (non-hydrogen) atoms. The van der Waals surface area contributed by atoms with Crippen LogP contribution in [0.15, 0.2) is 18.2 Å². The van der Waals surface area contributed by atoms with Crippen LogP contribution in [-0.4, -0.2) is 17.7 Å². The molecule has 0 aromatic heterocycles. The molecule has 3 heteroatoms. The first-order valence-electron chi connectivity index (χ1n) is 5.71. The molecule has 1 atom stereocenters. The Hall–Kier alpha value is -0.730. The van der Waals surface area contributed by atoms with E-state index in [-0.39, 0.29) is 0 Å². The minimum absolute atomic E-state index is 0.417. The lowest BCUT2D eigenvalue weighted by molar-refractivity contribution is 0.199. The number of aliphatic hydroxyl groups is 1. The summed E-state index contributed by atoms with van der Waals surface area (Å²) >= 11 is 6.24. The molecule has 0 radical (unpaired) electrons. The van der Waals surface area contributed by atoms with Crippen LogP contribution in [-0.2, 0) is 0 Å². The van der Waals surface area contributed by atoms with E-state index in [0.717, 1.165) is 17.8 Å². The van der Waals surface area contributed by atoms with Gasteiger partial charge in [0.25, 0.3) is 0 Å². The average molecular weight is 242 g/mol. The molecule has 0 aliphatic rings. The van der Waals surface area contributed by atoms with Crippen molar-refractivity contribution in [1.82, 2.24) is 0 Å². The zero-order valence-electron chi connectivity index (χ0n) is 10.4. The Morgan fingerprint density at radius 3 is 2.31 bits per heavy atom. The number of hydrogen-bond acceptors (Lipinski definition) is 2. The average Bonchev–Trinajstić information content (AvgIpc) is 2.20. The number of aliphatic hydroxyl groups excluding tert-OH is 1. The van der Waals surface area contributed by atoms with Gasteiger partial charge in [0.05, 0.1) is 16.8 Å². The molecule has 0 aliphatic carbocycles. The van der Waals surface area contributed by atoms with Gasteiger partial charge in [0.1, 0.15) is 0 Å². The fourth-order valence-corrected chi connectivity index (χ4v) is 2.13. The maximum absolute atomic E-state index is 9.47. The molecule has 0 unspecified atom stereocenters. The van der Waals surface area contributed by atoms with Crippen LogP contribution < -0.4 is 4.90 Å². The first-order chi connectivity index (χ1) is 7.47. The van der Waals surface area contributed by atoms with E-state index in [0.29, 0.717) is 11.1 Å². The van der Waals surface area contributed by atoms with Gasteiger partial charge in [-0.05, 0) is 45.4 Å². The lowest BCUT2D eigenvalue weighted by Crippen LogP contribution is -2.30. The summed E-state index contributed by atoms with van der Waals surface area (Å²) in [5.41, 5.74) is 1.89. The van der Waals surface area contributed by atoms with Crippen molar-refractivity contribution in [1.29, 1.82) is 0 Å². The molecule has 0 saturated carbocycles. The van der Waals surface area contributed by atoms with Crippen LogP contribution in [0.5, 0.6) is 0 Å². The summed E-state index contributed by atoms with van der Waals surface area (Å²) in [6, 6.07) is 6.16. The van der Waals surface area contributed by atoms with Crippen molar-refractivity contribution in [2.75, 3.05) is 11.4 Å². The zero-order chi connectivity index (χ0) is 12.3. The lowest BCUT2D eigenvalue weighted by atomic mass is 10.1.